The normalized spacial score (nSPS) is 23.0. The van der Waals surface area contributed by atoms with Gasteiger partial charge in [-0.3, -0.25) is 0 Å². The Bertz CT molecular complexity index is 703. The summed E-state index contributed by atoms with van der Waals surface area (Å²) >= 11 is 0. The van der Waals surface area contributed by atoms with Gasteiger partial charge in [-0.1, -0.05) is 6.42 Å². The van der Waals surface area contributed by atoms with Crippen molar-refractivity contribution in [3.05, 3.63) is 24.3 Å². The largest absolute Gasteiger partial charge is 0.490 e. The minimum absolute atomic E-state index is 0.211. The summed E-state index contributed by atoms with van der Waals surface area (Å²) in [7, 11) is -3.24. The van der Waals surface area contributed by atoms with Crippen molar-refractivity contribution in [2.24, 2.45) is 0 Å². The number of ether oxygens (including phenoxy) is 2. The second kappa shape index (κ2) is 10.6. The van der Waals surface area contributed by atoms with Gasteiger partial charge in [-0.15, -0.1) is 0 Å². The van der Waals surface area contributed by atoms with Crippen LogP contribution in [0.5, 0.6) is 5.75 Å². The molecule has 166 valence electrons. The summed E-state index contributed by atoms with van der Waals surface area (Å²) in [6.07, 6.45) is 5.36. The van der Waals surface area contributed by atoms with Gasteiger partial charge in [0.2, 0.25) is 10.0 Å². The number of hydrogen-bond acceptors (Lipinski definition) is 5. The predicted octanol–water partition coefficient (Wildman–Crippen LogP) is 4.32. The molecule has 1 saturated heterocycles. The average Bonchev–Trinajstić information content (AvgIpc) is 2.60. The van der Waals surface area contributed by atoms with Gasteiger partial charge in [0, 0.05) is 31.6 Å². The summed E-state index contributed by atoms with van der Waals surface area (Å²) in [6.45, 7) is 10.7. The summed E-state index contributed by atoms with van der Waals surface area (Å²) in [6, 6.07) is 8.10. The van der Waals surface area contributed by atoms with Gasteiger partial charge in [0.1, 0.15) is 11.9 Å². The van der Waals surface area contributed by atoms with Crippen LogP contribution >= 0.6 is 0 Å². The first kappa shape index (κ1) is 24.0. The van der Waals surface area contributed by atoms with Crippen LogP contribution in [0.2, 0.25) is 0 Å². The second-order valence-corrected chi connectivity index (χ2v) is 11.5. The van der Waals surface area contributed by atoms with Crippen LogP contribution in [0.15, 0.2) is 24.3 Å². The van der Waals surface area contributed by atoms with E-state index in [9.17, 15) is 8.42 Å². The van der Waals surface area contributed by atoms with Crippen molar-refractivity contribution in [3.8, 4) is 5.75 Å². The minimum Gasteiger partial charge on any atom is -0.490 e. The number of rotatable bonds is 10. The first-order valence-electron chi connectivity index (χ1n) is 10.7. The van der Waals surface area contributed by atoms with Crippen molar-refractivity contribution < 1.29 is 17.9 Å². The smallest absolute Gasteiger partial charge is 0.216 e. The summed E-state index contributed by atoms with van der Waals surface area (Å²) in [5.41, 5.74) is 1.07. The van der Waals surface area contributed by atoms with Crippen LogP contribution < -0.4 is 14.8 Å². The number of benzene rings is 1. The summed E-state index contributed by atoms with van der Waals surface area (Å²) in [5, 5.41) is 3.41. The summed E-state index contributed by atoms with van der Waals surface area (Å²) in [5.74, 6) is 0.896. The molecule has 2 rings (SSSR count). The number of sulfonamides is 1. The Labute approximate surface area is 176 Å². The minimum atomic E-state index is -3.24. The third-order valence-electron chi connectivity index (χ3n) is 5.09. The molecular formula is C22H38N2O4S. The Balaban J connectivity index is 1.62. The Morgan fingerprint density at radius 1 is 1.00 bits per heavy atom. The lowest BCUT2D eigenvalue weighted by atomic mass is 10.0. The fraction of sp³-hybridized carbons (Fsp3) is 0.727. The van der Waals surface area contributed by atoms with E-state index in [0.717, 1.165) is 50.1 Å². The fourth-order valence-corrected chi connectivity index (χ4v) is 4.21. The number of nitrogens with one attached hydrogen (secondary N) is 2. The maximum absolute atomic E-state index is 12.0. The zero-order chi connectivity index (χ0) is 21.5. The molecule has 1 aromatic carbocycles. The van der Waals surface area contributed by atoms with E-state index in [1.165, 1.54) is 0 Å². The first-order chi connectivity index (χ1) is 13.6. The van der Waals surface area contributed by atoms with Crippen molar-refractivity contribution in [1.29, 1.82) is 0 Å². The van der Waals surface area contributed by atoms with Gasteiger partial charge >= 0.3 is 0 Å². The predicted molar refractivity (Wildman–Crippen MR) is 119 cm³/mol. The highest BCUT2D eigenvalue weighted by Gasteiger charge is 2.28. The molecule has 1 aliphatic rings. The summed E-state index contributed by atoms with van der Waals surface area (Å²) in [4.78, 5) is 0. The molecule has 2 N–H and O–H groups in total. The molecule has 0 aliphatic carbocycles. The molecule has 0 spiro atoms. The molecule has 0 bridgehead atoms. The molecular weight excluding hydrogens is 388 g/mol. The van der Waals surface area contributed by atoms with Crippen molar-refractivity contribution in [3.63, 3.8) is 0 Å². The lowest BCUT2D eigenvalue weighted by Crippen LogP contribution is -2.39. The molecule has 6 nitrogen and oxygen atoms in total. The van der Waals surface area contributed by atoms with Crippen LogP contribution in [0.1, 0.15) is 66.7 Å². The zero-order valence-electron chi connectivity index (χ0n) is 18.5. The standard InChI is InChI=1S/C22H38N2O4S/c1-17-15-21(16-18(2)27-17)28-20-11-9-19(10-12-20)23-13-7-6-8-14-24-29(25,26)22(3,4)5/h9-12,17-18,21,23-24H,6-8,13-16H2,1-5H3. The van der Waals surface area contributed by atoms with Crippen LogP contribution in [0, 0.1) is 0 Å². The Kier molecular flexibility index (Phi) is 8.79. The molecule has 1 heterocycles. The lowest BCUT2D eigenvalue weighted by Gasteiger charge is -2.32. The Morgan fingerprint density at radius 2 is 1.59 bits per heavy atom. The van der Waals surface area contributed by atoms with Crippen molar-refractivity contribution in [1.82, 2.24) is 4.72 Å². The third-order valence-corrected chi connectivity index (χ3v) is 7.29. The van der Waals surface area contributed by atoms with E-state index >= 15 is 0 Å². The Morgan fingerprint density at radius 3 is 2.17 bits per heavy atom. The molecule has 0 amide bonds. The van der Waals surface area contributed by atoms with Gasteiger partial charge in [0.15, 0.2) is 0 Å². The monoisotopic (exact) mass is 426 g/mol. The van der Waals surface area contributed by atoms with Crippen LogP contribution in [0.3, 0.4) is 0 Å². The van der Waals surface area contributed by atoms with E-state index in [2.05, 4.69) is 23.9 Å². The second-order valence-electron chi connectivity index (χ2n) is 8.99. The molecule has 1 fully saturated rings. The SMILES string of the molecule is CC1CC(Oc2ccc(NCCCCCNS(=O)(=O)C(C)(C)C)cc2)CC(C)O1. The highest BCUT2D eigenvalue weighted by Crippen LogP contribution is 2.25. The van der Waals surface area contributed by atoms with E-state index in [0.29, 0.717) is 6.54 Å². The average molecular weight is 427 g/mol. The Hall–Kier alpha value is -1.31. The van der Waals surface area contributed by atoms with E-state index in [4.69, 9.17) is 9.47 Å². The lowest BCUT2D eigenvalue weighted by molar-refractivity contribution is -0.0721. The zero-order valence-corrected chi connectivity index (χ0v) is 19.3. The molecule has 0 radical (unpaired) electrons. The summed E-state index contributed by atoms with van der Waals surface area (Å²) < 4.78 is 37.7. The van der Waals surface area contributed by atoms with Gasteiger partial charge in [-0.05, 0) is 71.7 Å². The molecule has 2 atom stereocenters. The highest BCUT2D eigenvalue weighted by molar-refractivity contribution is 7.90. The van der Waals surface area contributed by atoms with Crippen LogP contribution in [0.4, 0.5) is 5.69 Å². The van der Waals surface area contributed by atoms with E-state index < -0.39 is 14.8 Å². The topological polar surface area (TPSA) is 76.7 Å². The van der Waals surface area contributed by atoms with Crippen molar-refractivity contribution in [2.45, 2.75) is 89.8 Å². The molecule has 0 saturated carbocycles. The molecule has 29 heavy (non-hydrogen) atoms. The maximum atomic E-state index is 12.0. The van der Waals surface area contributed by atoms with E-state index in [1.54, 1.807) is 20.8 Å². The van der Waals surface area contributed by atoms with Crippen molar-refractivity contribution in [2.75, 3.05) is 18.4 Å². The fourth-order valence-electron chi connectivity index (χ4n) is 3.37. The van der Waals surface area contributed by atoms with Gasteiger partial charge in [0.25, 0.3) is 0 Å². The van der Waals surface area contributed by atoms with E-state index in [-0.39, 0.29) is 18.3 Å². The molecule has 2 unspecified atom stereocenters. The first-order valence-corrected chi connectivity index (χ1v) is 12.2. The molecule has 1 aromatic rings. The van der Waals surface area contributed by atoms with Crippen LogP contribution in [-0.2, 0) is 14.8 Å². The van der Waals surface area contributed by atoms with Gasteiger partial charge in [-0.25, -0.2) is 13.1 Å². The van der Waals surface area contributed by atoms with Gasteiger partial charge in [0.05, 0.1) is 17.0 Å². The van der Waals surface area contributed by atoms with E-state index in [1.807, 2.05) is 24.3 Å². The number of unbranched alkanes of at least 4 members (excludes halogenated alkanes) is 2. The molecule has 7 heteroatoms. The van der Waals surface area contributed by atoms with Crippen LogP contribution in [0.25, 0.3) is 0 Å². The number of anilines is 1. The van der Waals surface area contributed by atoms with Crippen LogP contribution in [-0.4, -0.2) is 44.6 Å². The molecule has 1 aliphatic heterocycles. The highest BCUT2D eigenvalue weighted by atomic mass is 32.2. The maximum Gasteiger partial charge on any atom is 0.216 e. The quantitative estimate of drug-likeness (QED) is 0.545. The van der Waals surface area contributed by atoms with Gasteiger partial charge in [-0.2, -0.15) is 0 Å². The molecule has 0 aromatic heterocycles. The van der Waals surface area contributed by atoms with Gasteiger partial charge < -0.3 is 14.8 Å². The van der Waals surface area contributed by atoms with Crippen molar-refractivity contribution >= 4 is 15.7 Å². The third kappa shape index (κ3) is 8.15. The number of hydrogen-bond donors (Lipinski definition) is 2.